The van der Waals surface area contributed by atoms with E-state index in [0.717, 1.165) is 24.3 Å². The molecule has 0 aliphatic carbocycles. The minimum absolute atomic E-state index is 0.789. The van der Waals surface area contributed by atoms with Gasteiger partial charge in [-0.3, -0.25) is 4.40 Å². The topological polar surface area (TPSA) is 30.2 Å². The summed E-state index contributed by atoms with van der Waals surface area (Å²) >= 11 is 0. The van der Waals surface area contributed by atoms with Crippen molar-refractivity contribution in [2.45, 2.75) is 26.7 Å². The molecule has 2 heterocycles. The number of aryl methyl sites for hydroxylation is 2. The van der Waals surface area contributed by atoms with Gasteiger partial charge in [0, 0.05) is 18.6 Å². The molecule has 0 aromatic carbocycles. The molecule has 0 fully saturated rings. The molecule has 0 amide bonds. The van der Waals surface area contributed by atoms with Gasteiger partial charge in [0.15, 0.2) is 0 Å². The summed E-state index contributed by atoms with van der Waals surface area (Å²) < 4.78 is 1.99. The summed E-state index contributed by atoms with van der Waals surface area (Å²) in [5.74, 6) is 0.789. The zero-order chi connectivity index (χ0) is 9.26. The lowest BCUT2D eigenvalue weighted by atomic mass is 10.2. The average molecular weight is 175 g/mol. The minimum Gasteiger partial charge on any atom is -0.291 e. The minimum atomic E-state index is 0.789. The van der Waals surface area contributed by atoms with E-state index in [2.05, 4.69) is 23.1 Å². The molecule has 2 aromatic heterocycles. The Morgan fingerprint density at radius 1 is 1.38 bits per heavy atom. The second-order valence-corrected chi connectivity index (χ2v) is 3.30. The van der Waals surface area contributed by atoms with Crippen LogP contribution in [0.2, 0.25) is 0 Å². The van der Waals surface area contributed by atoms with Crippen LogP contribution in [0, 0.1) is 6.92 Å². The quantitative estimate of drug-likeness (QED) is 0.698. The number of nitrogens with zero attached hydrogens (tertiary/aromatic N) is 3. The molecule has 3 heteroatoms. The van der Waals surface area contributed by atoms with E-state index in [1.165, 1.54) is 5.56 Å². The van der Waals surface area contributed by atoms with E-state index >= 15 is 0 Å². The highest BCUT2D eigenvalue weighted by Gasteiger charge is 1.99. The van der Waals surface area contributed by atoms with Crippen molar-refractivity contribution in [3.05, 3.63) is 29.8 Å². The number of hydrogen-bond donors (Lipinski definition) is 0. The van der Waals surface area contributed by atoms with Crippen LogP contribution >= 0.6 is 0 Å². The first-order valence-electron chi connectivity index (χ1n) is 4.60. The molecule has 0 aliphatic rings. The average Bonchev–Trinajstić information content (AvgIpc) is 2.44. The van der Waals surface area contributed by atoms with Gasteiger partial charge in [0.1, 0.15) is 0 Å². The van der Waals surface area contributed by atoms with Gasteiger partial charge in [0.05, 0.1) is 5.69 Å². The van der Waals surface area contributed by atoms with E-state index in [9.17, 15) is 0 Å². The van der Waals surface area contributed by atoms with Crippen LogP contribution in [-0.4, -0.2) is 14.4 Å². The van der Waals surface area contributed by atoms with Gasteiger partial charge in [-0.15, -0.1) is 0 Å². The van der Waals surface area contributed by atoms with Crippen molar-refractivity contribution in [3.8, 4) is 0 Å². The van der Waals surface area contributed by atoms with Crippen LogP contribution in [0.5, 0.6) is 0 Å². The summed E-state index contributed by atoms with van der Waals surface area (Å²) in [5.41, 5.74) is 2.29. The van der Waals surface area contributed by atoms with Crippen molar-refractivity contribution < 1.29 is 0 Å². The Bertz CT molecular complexity index is 417. The number of rotatable bonds is 2. The maximum Gasteiger partial charge on any atom is 0.233 e. The maximum atomic E-state index is 4.27. The van der Waals surface area contributed by atoms with Crippen LogP contribution < -0.4 is 0 Å². The van der Waals surface area contributed by atoms with Gasteiger partial charge >= 0.3 is 0 Å². The number of hydrogen-bond acceptors (Lipinski definition) is 2. The molecule has 0 saturated heterocycles. The Balaban J connectivity index is 2.48. The van der Waals surface area contributed by atoms with E-state index in [1.54, 1.807) is 0 Å². The number of fused-ring (bicyclic) bond motifs is 1. The lowest BCUT2D eigenvalue weighted by Gasteiger charge is -1.97. The molecular formula is C10H13N3. The van der Waals surface area contributed by atoms with Gasteiger partial charge < -0.3 is 0 Å². The lowest BCUT2D eigenvalue weighted by Crippen LogP contribution is -1.92. The van der Waals surface area contributed by atoms with Gasteiger partial charge in [-0.05, 0) is 18.9 Å². The molecule has 2 rings (SSSR count). The normalized spacial score (nSPS) is 10.9. The van der Waals surface area contributed by atoms with Crippen LogP contribution in [0.4, 0.5) is 0 Å². The first-order valence-corrected chi connectivity index (χ1v) is 4.60. The summed E-state index contributed by atoms with van der Waals surface area (Å²) in [7, 11) is 0. The standard InChI is InChI=1S/C10H13N3/c1-3-4-9-5-11-10-12-8(2)6-13(10)7-9/h5-7H,3-4H2,1-2H3. The third kappa shape index (κ3) is 1.54. The molecule has 0 bridgehead atoms. The van der Waals surface area contributed by atoms with Crippen LogP contribution in [0.25, 0.3) is 5.78 Å². The molecule has 0 spiro atoms. The van der Waals surface area contributed by atoms with E-state index in [-0.39, 0.29) is 0 Å². The summed E-state index contributed by atoms with van der Waals surface area (Å²) in [5, 5.41) is 0. The van der Waals surface area contributed by atoms with Gasteiger partial charge in [0.2, 0.25) is 5.78 Å². The number of imidazole rings is 1. The highest BCUT2D eigenvalue weighted by molar-refractivity contribution is 5.31. The zero-order valence-electron chi connectivity index (χ0n) is 7.99. The zero-order valence-corrected chi connectivity index (χ0v) is 7.99. The molecular weight excluding hydrogens is 162 g/mol. The third-order valence-electron chi connectivity index (χ3n) is 2.02. The second kappa shape index (κ2) is 3.17. The van der Waals surface area contributed by atoms with Crippen LogP contribution in [-0.2, 0) is 6.42 Å². The Morgan fingerprint density at radius 3 is 3.00 bits per heavy atom. The molecule has 0 saturated carbocycles. The Kier molecular flexibility index (Phi) is 2.00. The fraction of sp³-hybridized carbons (Fsp3) is 0.400. The smallest absolute Gasteiger partial charge is 0.233 e. The highest BCUT2D eigenvalue weighted by atomic mass is 15.1. The van der Waals surface area contributed by atoms with E-state index in [4.69, 9.17) is 0 Å². The maximum absolute atomic E-state index is 4.27. The van der Waals surface area contributed by atoms with Crippen LogP contribution in [0.1, 0.15) is 24.6 Å². The lowest BCUT2D eigenvalue weighted by molar-refractivity contribution is 0.896. The van der Waals surface area contributed by atoms with Gasteiger partial charge in [-0.25, -0.2) is 9.97 Å². The molecule has 0 N–H and O–H groups in total. The number of aromatic nitrogens is 3. The van der Waals surface area contributed by atoms with Crippen LogP contribution in [0.3, 0.4) is 0 Å². The summed E-state index contributed by atoms with van der Waals surface area (Å²) in [4.78, 5) is 8.54. The van der Waals surface area contributed by atoms with Crippen molar-refractivity contribution in [2.24, 2.45) is 0 Å². The Hall–Kier alpha value is -1.38. The van der Waals surface area contributed by atoms with Gasteiger partial charge in [-0.1, -0.05) is 13.3 Å². The van der Waals surface area contributed by atoms with E-state index in [0.29, 0.717) is 0 Å². The molecule has 13 heavy (non-hydrogen) atoms. The second-order valence-electron chi connectivity index (χ2n) is 3.30. The molecule has 68 valence electrons. The predicted octanol–water partition coefficient (Wildman–Crippen LogP) is 1.99. The third-order valence-corrected chi connectivity index (χ3v) is 2.02. The van der Waals surface area contributed by atoms with Crippen LogP contribution in [0.15, 0.2) is 18.6 Å². The Labute approximate surface area is 77.4 Å². The SMILES string of the molecule is CCCc1cnc2nc(C)cn2c1. The fourth-order valence-corrected chi connectivity index (χ4v) is 1.46. The molecule has 2 aromatic rings. The first-order chi connectivity index (χ1) is 6.29. The molecule has 0 aliphatic heterocycles. The predicted molar refractivity (Wildman–Crippen MR) is 51.7 cm³/mol. The highest BCUT2D eigenvalue weighted by Crippen LogP contribution is 2.05. The largest absolute Gasteiger partial charge is 0.291 e. The monoisotopic (exact) mass is 175 g/mol. The van der Waals surface area contributed by atoms with Crippen molar-refractivity contribution in [1.82, 2.24) is 14.4 Å². The molecule has 3 nitrogen and oxygen atoms in total. The Morgan fingerprint density at radius 2 is 2.23 bits per heavy atom. The van der Waals surface area contributed by atoms with Crippen molar-refractivity contribution >= 4 is 5.78 Å². The fourth-order valence-electron chi connectivity index (χ4n) is 1.46. The van der Waals surface area contributed by atoms with E-state index < -0.39 is 0 Å². The van der Waals surface area contributed by atoms with Gasteiger partial charge in [0.25, 0.3) is 0 Å². The van der Waals surface area contributed by atoms with Crippen molar-refractivity contribution in [2.75, 3.05) is 0 Å². The van der Waals surface area contributed by atoms with E-state index in [1.807, 2.05) is 23.7 Å². The summed E-state index contributed by atoms with van der Waals surface area (Å²) in [6.45, 7) is 4.15. The van der Waals surface area contributed by atoms with Crippen molar-refractivity contribution in [3.63, 3.8) is 0 Å². The molecule has 0 radical (unpaired) electrons. The summed E-state index contributed by atoms with van der Waals surface area (Å²) in [6.07, 6.45) is 8.25. The summed E-state index contributed by atoms with van der Waals surface area (Å²) in [6, 6.07) is 0. The first kappa shape index (κ1) is 8.23. The molecule has 0 atom stereocenters. The van der Waals surface area contributed by atoms with Gasteiger partial charge in [-0.2, -0.15) is 0 Å². The molecule has 0 unspecified atom stereocenters. The van der Waals surface area contributed by atoms with Crippen molar-refractivity contribution in [1.29, 1.82) is 0 Å².